The first-order valence-corrected chi connectivity index (χ1v) is 7.27. The molecule has 0 heterocycles. The van der Waals surface area contributed by atoms with Crippen molar-refractivity contribution in [1.29, 1.82) is 0 Å². The maximum atomic E-state index is 13.5. The predicted octanol–water partition coefficient (Wildman–Crippen LogP) is 4.50. The van der Waals surface area contributed by atoms with Crippen LogP contribution >= 0.6 is 11.6 Å². The zero-order chi connectivity index (χ0) is 15.4. The van der Waals surface area contributed by atoms with Crippen molar-refractivity contribution in [3.8, 4) is 5.75 Å². The largest absolute Gasteiger partial charge is 0.497 e. The molecule has 1 atom stereocenters. The van der Waals surface area contributed by atoms with Crippen molar-refractivity contribution in [1.82, 2.24) is 5.32 Å². The third kappa shape index (κ3) is 3.55. The summed E-state index contributed by atoms with van der Waals surface area (Å²) in [6.45, 7) is 4.57. The molecule has 2 nitrogen and oxygen atoms in total. The van der Waals surface area contributed by atoms with Crippen molar-refractivity contribution < 1.29 is 9.13 Å². The molecule has 2 aromatic rings. The van der Waals surface area contributed by atoms with E-state index in [0.717, 1.165) is 17.7 Å². The fourth-order valence-corrected chi connectivity index (χ4v) is 2.61. The summed E-state index contributed by atoms with van der Waals surface area (Å²) in [6, 6.07) is 10.7. The van der Waals surface area contributed by atoms with Gasteiger partial charge in [0.05, 0.1) is 13.2 Å². The van der Waals surface area contributed by atoms with E-state index in [2.05, 4.69) is 5.32 Å². The first kappa shape index (κ1) is 15.8. The minimum atomic E-state index is -0.199. The number of ether oxygens (including phenoxy) is 1. The highest BCUT2D eigenvalue weighted by Gasteiger charge is 2.17. The summed E-state index contributed by atoms with van der Waals surface area (Å²) in [5.41, 5.74) is 2.56. The van der Waals surface area contributed by atoms with Gasteiger partial charge in [-0.15, -0.1) is 0 Å². The second kappa shape index (κ2) is 6.92. The molecule has 0 aliphatic rings. The Hall–Kier alpha value is -1.58. The van der Waals surface area contributed by atoms with Gasteiger partial charge in [0.15, 0.2) is 0 Å². The molecule has 0 bridgehead atoms. The number of benzene rings is 2. The van der Waals surface area contributed by atoms with Gasteiger partial charge in [0.1, 0.15) is 11.6 Å². The van der Waals surface area contributed by atoms with Crippen LogP contribution in [0, 0.1) is 12.7 Å². The van der Waals surface area contributed by atoms with E-state index in [1.54, 1.807) is 26.2 Å². The molecule has 0 aromatic heterocycles. The van der Waals surface area contributed by atoms with Crippen LogP contribution in [0.1, 0.15) is 29.7 Å². The Morgan fingerprint density at radius 2 is 2.00 bits per heavy atom. The summed E-state index contributed by atoms with van der Waals surface area (Å²) < 4.78 is 18.6. The molecule has 2 aromatic carbocycles. The van der Waals surface area contributed by atoms with Gasteiger partial charge in [-0.3, -0.25) is 0 Å². The van der Waals surface area contributed by atoms with Crippen LogP contribution in [-0.2, 0) is 0 Å². The Morgan fingerprint density at radius 3 is 2.57 bits per heavy atom. The van der Waals surface area contributed by atoms with Crippen LogP contribution in [0.15, 0.2) is 36.4 Å². The number of halogens is 2. The predicted molar refractivity (Wildman–Crippen MR) is 84.7 cm³/mol. The van der Waals surface area contributed by atoms with Crippen molar-refractivity contribution in [2.45, 2.75) is 19.9 Å². The lowest BCUT2D eigenvalue weighted by Crippen LogP contribution is -2.22. The number of rotatable bonds is 5. The first-order chi connectivity index (χ1) is 10.1. The van der Waals surface area contributed by atoms with E-state index < -0.39 is 0 Å². The second-order valence-corrected chi connectivity index (χ2v) is 5.29. The molecule has 0 radical (unpaired) electrons. The summed E-state index contributed by atoms with van der Waals surface area (Å²) in [5.74, 6) is 0.518. The number of nitrogens with one attached hydrogen (secondary N) is 1. The average molecular weight is 308 g/mol. The first-order valence-electron chi connectivity index (χ1n) is 6.89. The molecular weight excluding hydrogens is 289 g/mol. The molecule has 1 unspecified atom stereocenters. The van der Waals surface area contributed by atoms with Crippen LogP contribution in [0.25, 0.3) is 0 Å². The van der Waals surface area contributed by atoms with E-state index in [-0.39, 0.29) is 11.9 Å². The quantitative estimate of drug-likeness (QED) is 0.878. The molecule has 4 heteroatoms. The van der Waals surface area contributed by atoms with Gasteiger partial charge < -0.3 is 10.1 Å². The summed E-state index contributed by atoms with van der Waals surface area (Å²) in [4.78, 5) is 0. The van der Waals surface area contributed by atoms with Crippen molar-refractivity contribution in [2.24, 2.45) is 0 Å². The van der Waals surface area contributed by atoms with Crippen molar-refractivity contribution in [3.05, 3.63) is 63.9 Å². The Balaban J connectivity index is 2.45. The zero-order valence-corrected chi connectivity index (χ0v) is 13.2. The highest BCUT2D eigenvalue weighted by Crippen LogP contribution is 2.31. The second-order valence-electron chi connectivity index (χ2n) is 4.89. The van der Waals surface area contributed by atoms with Crippen LogP contribution in [-0.4, -0.2) is 13.7 Å². The Morgan fingerprint density at radius 1 is 1.24 bits per heavy atom. The summed E-state index contributed by atoms with van der Waals surface area (Å²) >= 11 is 6.37. The van der Waals surface area contributed by atoms with Gasteiger partial charge >= 0.3 is 0 Å². The number of aryl methyl sites for hydroxylation is 1. The Bertz CT molecular complexity index is 630. The zero-order valence-electron chi connectivity index (χ0n) is 12.4. The summed E-state index contributed by atoms with van der Waals surface area (Å²) in [6.07, 6.45) is 0. The van der Waals surface area contributed by atoms with E-state index in [1.807, 2.05) is 25.1 Å². The molecule has 0 spiro atoms. The highest BCUT2D eigenvalue weighted by molar-refractivity contribution is 6.31. The molecule has 2 rings (SSSR count). The van der Waals surface area contributed by atoms with Gasteiger partial charge in [-0.1, -0.05) is 36.7 Å². The third-order valence-corrected chi connectivity index (χ3v) is 3.77. The molecule has 1 N–H and O–H groups in total. The summed E-state index contributed by atoms with van der Waals surface area (Å²) in [7, 11) is 1.61. The van der Waals surface area contributed by atoms with Gasteiger partial charge in [-0.05, 0) is 48.4 Å². The number of hydrogen-bond acceptors (Lipinski definition) is 2. The normalized spacial score (nSPS) is 12.2. The summed E-state index contributed by atoms with van der Waals surface area (Å²) in [5, 5.41) is 4.02. The van der Waals surface area contributed by atoms with Crippen LogP contribution in [0.5, 0.6) is 5.75 Å². The smallest absolute Gasteiger partial charge is 0.126 e. The van der Waals surface area contributed by atoms with Gasteiger partial charge in [-0.25, -0.2) is 4.39 Å². The molecule has 0 aliphatic carbocycles. The van der Waals surface area contributed by atoms with Crippen LogP contribution in [0.2, 0.25) is 5.02 Å². The fourth-order valence-electron chi connectivity index (χ4n) is 2.33. The average Bonchev–Trinajstić information content (AvgIpc) is 2.48. The molecule has 112 valence electrons. The third-order valence-electron chi connectivity index (χ3n) is 3.44. The minimum absolute atomic E-state index is 0.0762. The van der Waals surface area contributed by atoms with E-state index in [0.29, 0.717) is 16.3 Å². The standard InChI is InChI=1S/C17H19ClFNO/c1-4-20-17(12-5-8-16(19)11(2)9-12)14-7-6-13(21-3)10-15(14)18/h5-10,17,20H,4H2,1-3H3. The van der Waals surface area contributed by atoms with Crippen molar-refractivity contribution in [3.63, 3.8) is 0 Å². The van der Waals surface area contributed by atoms with E-state index in [9.17, 15) is 4.39 Å². The van der Waals surface area contributed by atoms with Gasteiger partial charge in [0, 0.05) is 5.02 Å². The molecule has 0 aliphatic heterocycles. The van der Waals surface area contributed by atoms with Gasteiger partial charge in [0.25, 0.3) is 0 Å². The van der Waals surface area contributed by atoms with E-state index >= 15 is 0 Å². The maximum absolute atomic E-state index is 13.5. The topological polar surface area (TPSA) is 21.3 Å². The lowest BCUT2D eigenvalue weighted by atomic mass is 9.97. The molecule has 0 amide bonds. The van der Waals surface area contributed by atoms with Crippen LogP contribution in [0.4, 0.5) is 4.39 Å². The molecule has 0 saturated carbocycles. The SMILES string of the molecule is CCNC(c1ccc(F)c(C)c1)c1ccc(OC)cc1Cl. The maximum Gasteiger partial charge on any atom is 0.126 e. The molecule has 0 fully saturated rings. The molecule has 0 saturated heterocycles. The van der Waals surface area contributed by atoms with Gasteiger partial charge in [-0.2, -0.15) is 0 Å². The fraction of sp³-hybridized carbons (Fsp3) is 0.294. The Labute approximate surface area is 129 Å². The molecule has 21 heavy (non-hydrogen) atoms. The lowest BCUT2D eigenvalue weighted by Gasteiger charge is -2.21. The number of hydrogen-bond donors (Lipinski definition) is 1. The van der Waals surface area contributed by atoms with Crippen LogP contribution in [0.3, 0.4) is 0 Å². The van der Waals surface area contributed by atoms with Crippen molar-refractivity contribution >= 4 is 11.6 Å². The molecular formula is C17H19ClFNO. The monoisotopic (exact) mass is 307 g/mol. The van der Waals surface area contributed by atoms with E-state index in [4.69, 9.17) is 16.3 Å². The van der Waals surface area contributed by atoms with Crippen LogP contribution < -0.4 is 10.1 Å². The Kier molecular flexibility index (Phi) is 5.21. The highest BCUT2D eigenvalue weighted by atomic mass is 35.5. The van der Waals surface area contributed by atoms with E-state index in [1.165, 1.54) is 6.07 Å². The van der Waals surface area contributed by atoms with Crippen molar-refractivity contribution in [2.75, 3.05) is 13.7 Å². The lowest BCUT2D eigenvalue weighted by molar-refractivity contribution is 0.414. The minimum Gasteiger partial charge on any atom is -0.497 e. The van der Waals surface area contributed by atoms with Gasteiger partial charge in [0.2, 0.25) is 0 Å². The number of methoxy groups -OCH3 is 1.